The lowest BCUT2D eigenvalue weighted by Crippen LogP contribution is -2.52. The van der Waals surface area contributed by atoms with Gasteiger partial charge in [-0.3, -0.25) is 14.3 Å². The van der Waals surface area contributed by atoms with Crippen LogP contribution in [0.4, 0.5) is 10.1 Å². The minimum absolute atomic E-state index is 0.0555. The van der Waals surface area contributed by atoms with Gasteiger partial charge in [0.15, 0.2) is 11.6 Å². The molecular weight excluding hydrogens is 455 g/mol. The molecule has 186 valence electrons. The molecule has 2 N–H and O–H groups in total. The Kier molecular flexibility index (Phi) is 7.73. The van der Waals surface area contributed by atoms with E-state index in [1.165, 1.54) is 30.5 Å². The molecule has 2 aromatic carbocycles. The van der Waals surface area contributed by atoms with Crippen LogP contribution in [0.5, 0.6) is 5.75 Å². The highest BCUT2D eigenvalue weighted by Crippen LogP contribution is 2.23. The van der Waals surface area contributed by atoms with E-state index < -0.39 is 35.1 Å². The quantitative estimate of drug-likeness (QED) is 0.509. The number of hydrogen-bond donors (Lipinski definition) is 2. The summed E-state index contributed by atoms with van der Waals surface area (Å²) in [5.41, 5.74) is 0.327. The summed E-state index contributed by atoms with van der Waals surface area (Å²) in [7, 11) is 0. The van der Waals surface area contributed by atoms with Gasteiger partial charge in [0.2, 0.25) is 5.62 Å². The van der Waals surface area contributed by atoms with Gasteiger partial charge in [-0.15, -0.1) is 0 Å². The van der Waals surface area contributed by atoms with Crippen LogP contribution in [0.2, 0.25) is 0 Å². The number of H-pyrrole nitrogens is 1. The van der Waals surface area contributed by atoms with E-state index in [0.29, 0.717) is 0 Å². The fraction of sp³-hybridized carbons (Fsp3) is 0.360. The molecule has 3 aromatic rings. The summed E-state index contributed by atoms with van der Waals surface area (Å²) in [6.45, 7) is 8.45. The van der Waals surface area contributed by atoms with Gasteiger partial charge in [-0.05, 0) is 52.3 Å². The Morgan fingerprint density at radius 1 is 1.11 bits per heavy atom. The first kappa shape index (κ1) is 25.7. The van der Waals surface area contributed by atoms with E-state index >= 15 is 0 Å². The summed E-state index contributed by atoms with van der Waals surface area (Å²) < 4.78 is 22.0. The third-order valence-electron chi connectivity index (χ3n) is 5.63. The molecule has 10 heteroatoms. The number of aryl methyl sites for hydroxylation is 1. The number of aromatic amines is 1. The maximum Gasteiger partial charge on any atom is 0.335 e. The van der Waals surface area contributed by atoms with Crippen molar-refractivity contribution < 1.29 is 19.0 Å². The van der Waals surface area contributed by atoms with E-state index in [1.807, 2.05) is 31.2 Å². The number of hydrogen-bond acceptors (Lipinski definition) is 5. The minimum atomic E-state index is -1.14. The SMILES string of the molecule is Cc1ccc(Cn2c(=O)n([C@@H](C)[C@@H](C)C(=O)O)c(=O)[nH]/c2=N\c2ccc(OC(C)C)c(F)c2)cc1. The molecule has 3 rings (SSSR count). The highest BCUT2D eigenvalue weighted by atomic mass is 19.1. The zero-order valence-electron chi connectivity index (χ0n) is 20.3. The summed E-state index contributed by atoms with van der Waals surface area (Å²) in [5, 5.41) is 9.38. The van der Waals surface area contributed by atoms with E-state index in [0.717, 1.165) is 21.8 Å². The molecule has 1 aromatic heterocycles. The standard InChI is InChI=1S/C25H29FN4O5/c1-14(2)35-21-11-10-19(12-20(21)26)27-23-28-24(33)30(17(5)16(4)22(31)32)25(34)29(23)13-18-8-6-15(3)7-9-18/h6-12,14,16-17H,13H2,1-5H3,(H,31,32)(H,27,28,33)/t16-,17+/m1/s1. The molecule has 0 aliphatic heterocycles. The smallest absolute Gasteiger partial charge is 0.335 e. The van der Waals surface area contributed by atoms with Gasteiger partial charge in [-0.2, -0.15) is 0 Å². The van der Waals surface area contributed by atoms with E-state index in [1.54, 1.807) is 13.8 Å². The van der Waals surface area contributed by atoms with Crippen LogP contribution >= 0.6 is 0 Å². The monoisotopic (exact) mass is 484 g/mol. The zero-order chi connectivity index (χ0) is 25.9. The average Bonchev–Trinajstić information content (AvgIpc) is 2.78. The molecule has 0 bridgehead atoms. The van der Waals surface area contributed by atoms with Crippen molar-refractivity contribution >= 4 is 11.7 Å². The summed E-state index contributed by atoms with van der Waals surface area (Å²) in [6.07, 6.45) is -0.219. The molecule has 0 unspecified atom stereocenters. The predicted octanol–water partition coefficient (Wildman–Crippen LogP) is 3.14. The third-order valence-corrected chi connectivity index (χ3v) is 5.63. The molecule has 0 fully saturated rings. The zero-order valence-corrected chi connectivity index (χ0v) is 20.3. The normalized spacial score (nSPS) is 13.6. The second-order valence-corrected chi connectivity index (χ2v) is 8.74. The Morgan fingerprint density at radius 3 is 2.34 bits per heavy atom. The number of rotatable bonds is 8. The van der Waals surface area contributed by atoms with Gasteiger partial charge in [0, 0.05) is 6.07 Å². The summed E-state index contributed by atoms with van der Waals surface area (Å²) in [6, 6.07) is 10.6. The van der Waals surface area contributed by atoms with Gasteiger partial charge in [0.05, 0.1) is 30.3 Å². The highest BCUT2D eigenvalue weighted by molar-refractivity contribution is 5.70. The van der Waals surface area contributed by atoms with Gasteiger partial charge in [-0.1, -0.05) is 29.8 Å². The minimum Gasteiger partial charge on any atom is -0.488 e. The van der Waals surface area contributed by atoms with Crippen molar-refractivity contribution in [2.45, 2.75) is 53.3 Å². The number of aliphatic carboxylic acids is 1. The van der Waals surface area contributed by atoms with Crippen LogP contribution in [0.15, 0.2) is 57.0 Å². The molecular formula is C25H29FN4O5. The number of ether oxygens (including phenoxy) is 1. The molecule has 2 atom stereocenters. The Morgan fingerprint density at radius 2 is 1.77 bits per heavy atom. The molecule has 0 saturated carbocycles. The number of nitrogens with zero attached hydrogens (tertiary/aromatic N) is 3. The van der Waals surface area contributed by atoms with Crippen LogP contribution in [0.25, 0.3) is 0 Å². The first-order valence-corrected chi connectivity index (χ1v) is 11.2. The molecule has 0 aliphatic carbocycles. The van der Waals surface area contributed by atoms with E-state index in [-0.39, 0.29) is 29.7 Å². The Bertz CT molecular complexity index is 1400. The van der Waals surface area contributed by atoms with Crippen LogP contribution in [0, 0.1) is 18.7 Å². The number of carboxylic acid groups (broad SMARTS) is 1. The first-order chi connectivity index (χ1) is 16.5. The van der Waals surface area contributed by atoms with Crippen LogP contribution in [0.3, 0.4) is 0 Å². The van der Waals surface area contributed by atoms with E-state index in [9.17, 15) is 23.9 Å². The molecule has 0 spiro atoms. The molecule has 9 nitrogen and oxygen atoms in total. The van der Waals surface area contributed by atoms with Crippen LogP contribution < -0.4 is 21.7 Å². The van der Waals surface area contributed by atoms with Crippen LogP contribution in [-0.2, 0) is 11.3 Å². The van der Waals surface area contributed by atoms with Gasteiger partial charge >= 0.3 is 17.3 Å². The van der Waals surface area contributed by atoms with Crippen molar-refractivity contribution in [1.29, 1.82) is 0 Å². The lowest BCUT2D eigenvalue weighted by molar-refractivity contribution is -0.142. The number of carboxylic acids is 1. The van der Waals surface area contributed by atoms with Gasteiger partial charge < -0.3 is 9.84 Å². The summed E-state index contributed by atoms with van der Waals surface area (Å²) >= 11 is 0. The van der Waals surface area contributed by atoms with Crippen molar-refractivity contribution in [3.8, 4) is 5.75 Å². The van der Waals surface area contributed by atoms with E-state index in [2.05, 4.69) is 9.98 Å². The number of halogens is 1. The fourth-order valence-corrected chi connectivity index (χ4v) is 3.46. The summed E-state index contributed by atoms with van der Waals surface area (Å²) in [4.78, 5) is 44.7. The second-order valence-electron chi connectivity index (χ2n) is 8.74. The molecule has 0 aliphatic rings. The second kappa shape index (κ2) is 10.5. The van der Waals surface area contributed by atoms with Gasteiger partial charge in [0.1, 0.15) is 0 Å². The van der Waals surface area contributed by atoms with E-state index in [4.69, 9.17) is 4.74 Å². The molecule has 0 saturated heterocycles. The maximum atomic E-state index is 14.5. The van der Waals surface area contributed by atoms with Gasteiger partial charge in [-0.25, -0.2) is 23.5 Å². The third kappa shape index (κ3) is 5.95. The largest absolute Gasteiger partial charge is 0.488 e. The topological polar surface area (TPSA) is 119 Å². The predicted molar refractivity (Wildman–Crippen MR) is 128 cm³/mol. The molecule has 0 radical (unpaired) electrons. The van der Waals surface area contributed by atoms with Crippen LogP contribution in [-0.4, -0.2) is 31.3 Å². The van der Waals surface area contributed by atoms with Crippen molar-refractivity contribution in [2.75, 3.05) is 0 Å². The maximum absolute atomic E-state index is 14.5. The van der Waals surface area contributed by atoms with Crippen molar-refractivity contribution in [1.82, 2.24) is 14.1 Å². The van der Waals surface area contributed by atoms with Crippen LogP contribution in [0.1, 0.15) is 44.9 Å². The van der Waals surface area contributed by atoms with Crippen molar-refractivity contribution in [3.63, 3.8) is 0 Å². The highest BCUT2D eigenvalue weighted by Gasteiger charge is 2.25. The molecule has 35 heavy (non-hydrogen) atoms. The van der Waals surface area contributed by atoms with Crippen molar-refractivity contribution in [2.24, 2.45) is 10.9 Å². The Balaban J connectivity index is 2.21. The number of aromatic nitrogens is 3. The van der Waals surface area contributed by atoms with Gasteiger partial charge in [0.25, 0.3) is 0 Å². The lowest BCUT2D eigenvalue weighted by Gasteiger charge is -2.19. The Labute approximate surface area is 201 Å². The average molecular weight is 485 g/mol. The molecule has 1 heterocycles. The van der Waals surface area contributed by atoms with Crippen molar-refractivity contribution in [3.05, 3.63) is 86.0 Å². The fourth-order valence-electron chi connectivity index (χ4n) is 3.46. The Hall–Kier alpha value is -3.95. The number of benzene rings is 2. The lowest BCUT2D eigenvalue weighted by atomic mass is 10.0. The summed E-state index contributed by atoms with van der Waals surface area (Å²) in [5.74, 6) is -2.70. The number of carbonyl (C=O) groups is 1. The molecule has 0 amide bonds. The first-order valence-electron chi connectivity index (χ1n) is 11.2. The number of nitrogens with one attached hydrogen (secondary N) is 1.